The van der Waals surface area contributed by atoms with Gasteiger partial charge in [-0.2, -0.15) is 0 Å². The van der Waals surface area contributed by atoms with E-state index in [0.717, 1.165) is 12.8 Å². The fraction of sp³-hybridized carbons (Fsp3) is 0.938. The first kappa shape index (κ1) is 16.5. The molecule has 3 nitrogen and oxygen atoms in total. The smallest absolute Gasteiger partial charge is 0.305 e. The second kappa shape index (κ2) is 10.2. The fourth-order valence-electron chi connectivity index (χ4n) is 2.53. The predicted octanol–water partition coefficient (Wildman–Crippen LogP) is 4.24. The number of hydrogen-bond acceptors (Lipinski definition) is 3. The lowest BCUT2D eigenvalue weighted by Gasteiger charge is -2.02. The third kappa shape index (κ3) is 8.25. The Morgan fingerprint density at radius 1 is 0.947 bits per heavy atom. The molecule has 1 saturated heterocycles. The monoisotopic (exact) mass is 270 g/mol. The summed E-state index contributed by atoms with van der Waals surface area (Å²) in [6.07, 6.45) is 12.7. The number of esters is 1. The van der Waals surface area contributed by atoms with E-state index in [1.165, 1.54) is 44.9 Å². The van der Waals surface area contributed by atoms with Crippen molar-refractivity contribution in [3.05, 3.63) is 0 Å². The number of carbonyl (C=O) groups is 1. The minimum Gasteiger partial charge on any atom is -0.466 e. The van der Waals surface area contributed by atoms with Gasteiger partial charge in [-0.1, -0.05) is 45.4 Å². The number of carbonyl (C=O) groups excluding carboxylic acids is 1. The van der Waals surface area contributed by atoms with E-state index in [1.807, 2.05) is 6.92 Å². The molecule has 1 heterocycles. The Kier molecular flexibility index (Phi) is 8.89. The van der Waals surface area contributed by atoms with Crippen molar-refractivity contribution < 1.29 is 14.3 Å². The summed E-state index contributed by atoms with van der Waals surface area (Å²) in [7, 11) is 0. The van der Waals surface area contributed by atoms with Gasteiger partial charge in [-0.05, 0) is 26.2 Å². The molecule has 0 radical (unpaired) electrons. The molecule has 1 aliphatic rings. The van der Waals surface area contributed by atoms with Gasteiger partial charge < -0.3 is 9.47 Å². The Morgan fingerprint density at radius 2 is 1.58 bits per heavy atom. The molecule has 2 unspecified atom stereocenters. The molecule has 1 rings (SSSR count). The van der Waals surface area contributed by atoms with Crippen LogP contribution in [0.4, 0.5) is 0 Å². The summed E-state index contributed by atoms with van der Waals surface area (Å²) >= 11 is 0. The van der Waals surface area contributed by atoms with Crippen LogP contribution < -0.4 is 0 Å². The molecular formula is C16H30O3. The third-order valence-electron chi connectivity index (χ3n) is 3.69. The maximum Gasteiger partial charge on any atom is 0.305 e. The highest BCUT2D eigenvalue weighted by Gasteiger charge is 2.36. The summed E-state index contributed by atoms with van der Waals surface area (Å²) in [5.74, 6) is -0.0460. The number of unbranched alkanes of at least 4 members (excludes halogenated alkanes) is 5. The van der Waals surface area contributed by atoms with Gasteiger partial charge in [0.1, 0.15) is 0 Å². The molecule has 0 aromatic rings. The van der Waals surface area contributed by atoms with Crippen LogP contribution in [0.5, 0.6) is 0 Å². The Morgan fingerprint density at radius 3 is 2.26 bits per heavy atom. The van der Waals surface area contributed by atoms with Crippen LogP contribution in [0.3, 0.4) is 0 Å². The lowest BCUT2D eigenvalue weighted by molar-refractivity contribution is -0.143. The first-order valence-corrected chi connectivity index (χ1v) is 8.09. The third-order valence-corrected chi connectivity index (χ3v) is 3.69. The predicted molar refractivity (Wildman–Crippen MR) is 77.1 cm³/mol. The summed E-state index contributed by atoms with van der Waals surface area (Å²) in [6.45, 7) is 4.57. The first-order valence-electron chi connectivity index (χ1n) is 8.09. The summed E-state index contributed by atoms with van der Waals surface area (Å²) < 4.78 is 10.5. The molecule has 0 bridgehead atoms. The van der Waals surface area contributed by atoms with Gasteiger partial charge >= 0.3 is 5.97 Å². The highest BCUT2D eigenvalue weighted by atomic mass is 16.6. The first-order chi connectivity index (χ1) is 9.27. The zero-order chi connectivity index (χ0) is 13.9. The molecule has 0 spiro atoms. The SMILES string of the molecule is CCCC1OC1CCCCCCCCC(=O)OCC. The summed E-state index contributed by atoms with van der Waals surface area (Å²) in [5, 5.41) is 0. The summed E-state index contributed by atoms with van der Waals surface area (Å²) in [6, 6.07) is 0. The largest absolute Gasteiger partial charge is 0.466 e. The molecule has 0 aromatic heterocycles. The minimum absolute atomic E-state index is 0.0460. The molecule has 19 heavy (non-hydrogen) atoms. The number of hydrogen-bond donors (Lipinski definition) is 0. The maximum absolute atomic E-state index is 11.1. The normalized spacial score (nSPS) is 21.4. The number of ether oxygens (including phenoxy) is 2. The fourth-order valence-corrected chi connectivity index (χ4v) is 2.53. The number of rotatable bonds is 12. The van der Waals surface area contributed by atoms with Gasteiger partial charge in [-0.25, -0.2) is 0 Å². The topological polar surface area (TPSA) is 38.8 Å². The molecule has 3 heteroatoms. The lowest BCUT2D eigenvalue weighted by Crippen LogP contribution is -2.03. The van der Waals surface area contributed by atoms with Gasteiger partial charge in [0.2, 0.25) is 0 Å². The van der Waals surface area contributed by atoms with Gasteiger partial charge in [-0.15, -0.1) is 0 Å². The van der Waals surface area contributed by atoms with E-state index >= 15 is 0 Å². The van der Waals surface area contributed by atoms with Crippen molar-refractivity contribution in [2.24, 2.45) is 0 Å². The van der Waals surface area contributed by atoms with E-state index in [-0.39, 0.29) is 5.97 Å². The zero-order valence-corrected chi connectivity index (χ0v) is 12.7. The van der Waals surface area contributed by atoms with Gasteiger partial charge in [0.05, 0.1) is 18.8 Å². The Hall–Kier alpha value is -0.570. The van der Waals surface area contributed by atoms with Crippen molar-refractivity contribution in [2.45, 2.75) is 90.3 Å². The lowest BCUT2D eigenvalue weighted by atomic mass is 10.1. The van der Waals surface area contributed by atoms with Crippen LogP contribution in [0.15, 0.2) is 0 Å². The van der Waals surface area contributed by atoms with Crippen molar-refractivity contribution in [3.8, 4) is 0 Å². The van der Waals surface area contributed by atoms with Crippen LogP contribution in [-0.2, 0) is 14.3 Å². The van der Waals surface area contributed by atoms with Gasteiger partial charge in [0.25, 0.3) is 0 Å². The molecular weight excluding hydrogens is 240 g/mol. The standard InChI is InChI=1S/C16H30O3/c1-3-11-14-15(19-14)12-9-7-5-6-8-10-13-16(17)18-4-2/h14-15H,3-13H2,1-2H3. The average Bonchev–Trinajstić information content (AvgIpc) is 3.12. The van der Waals surface area contributed by atoms with Crippen LogP contribution in [0.25, 0.3) is 0 Å². The molecule has 112 valence electrons. The molecule has 2 atom stereocenters. The van der Waals surface area contributed by atoms with Crippen molar-refractivity contribution in [1.29, 1.82) is 0 Å². The van der Waals surface area contributed by atoms with Gasteiger partial charge in [-0.3, -0.25) is 4.79 Å². The minimum atomic E-state index is -0.0460. The second-order valence-electron chi connectivity index (χ2n) is 5.47. The maximum atomic E-state index is 11.1. The van der Waals surface area contributed by atoms with Gasteiger partial charge in [0.15, 0.2) is 0 Å². The Labute approximate surface area is 118 Å². The number of epoxide rings is 1. The van der Waals surface area contributed by atoms with Crippen LogP contribution in [-0.4, -0.2) is 24.8 Å². The Bertz CT molecular complexity index is 240. The molecule has 0 aliphatic carbocycles. The van der Waals surface area contributed by atoms with Crippen LogP contribution in [0, 0.1) is 0 Å². The summed E-state index contributed by atoms with van der Waals surface area (Å²) in [5.41, 5.74) is 0. The van der Waals surface area contributed by atoms with E-state index in [1.54, 1.807) is 0 Å². The van der Waals surface area contributed by atoms with Crippen LogP contribution in [0.1, 0.15) is 78.1 Å². The molecule has 1 aliphatic heterocycles. The van der Waals surface area contributed by atoms with E-state index in [0.29, 0.717) is 25.2 Å². The Balaban J connectivity index is 1.76. The molecule has 0 N–H and O–H groups in total. The second-order valence-corrected chi connectivity index (χ2v) is 5.47. The highest BCUT2D eigenvalue weighted by Crippen LogP contribution is 2.30. The van der Waals surface area contributed by atoms with Gasteiger partial charge in [0, 0.05) is 6.42 Å². The van der Waals surface area contributed by atoms with Crippen molar-refractivity contribution in [1.82, 2.24) is 0 Å². The average molecular weight is 270 g/mol. The molecule has 0 saturated carbocycles. The van der Waals surface area contributed by atoms with E-state index in [9.17, 15) is 4.79 Å². The van der Waals surface area contributed by atoms with E-state index in [2.05, 4.69) is 6.92 Å². The summed E-state index contributed by atoms with van der Waals surface area (Å²) in [4.78, 5) is 11.1. The quantitative estimate of drug-likeness (QED) is 0.302. The molecule has 1 fully saturated rings. The van der Waals surface area contributed by atoms with E-state index < -0.39 is 0 Å². The van der Waals surface area contributed by atoms with Crippen molar-refractivity contribution in [2.75, 3.05) is 6.61 Å². The molecule has 0 aromatic carbocycles. The van der Waals surface area contributed by atoms with Crippen LogP contribution >= 0.6 is 0 Å². The van der Waals surface area contributed by atoms with Crippen molar-refractivity contribution >= 4 is 5.97 Å². The van der Waals surface area contributed by atoms with E-state index in [4.69, 9.17) is 9.47 Å². The highest BCUT2D eigenvalue weighted by molar-refractivity contribution is 5.69. The van der Waals surface area contributed by atoms with Crippen molar-refractivity contribution in [3.63, 3.8) is 0 Å². The zero-order valence-electron chi connectivity index (χ0n) is 12.7. The van der Waals surface area contributed by atoms with Crippen LogP contribution in [0.2, 0.25) is 0 Å². The molecule has 0 amide bonds.